The van der Waals surface area contributed by atoms with Crippen LogP contribution in [-0.4, -0.2) is 18.3 Å². The van der Waals surface area contributed by atoms with Crippen LogP contribution >= 0.6 is 0 Å². The molecule has 1 N–H and O–H groups in total. The Balaban J connectivity index is 2.60. The first-order chi connectivity index (χ1) is 7.13. The molecule has 1 aromatic rings. The van der Waals surface area contributed by atoms with Crippen molar-refractivity contribution >= 4 is 0 Å². The lowest BCUT2D eigenvalue weighted by Gasteiger charge is -2.11. The predicted octanol–water partition coefficient (Wildman–Crippen LogP) is 2.42. The molecule has 1 aromatic carbocycles. The van der Waals surface area contributed by atoms with E-state index in [1.54, 1.807) is 0 Å². The maximum atomic E-state index is 12.8. The van der Waals surface area contributed by atoms with Gasteiger partial charge in [-0.1, -0.05) is 6.92 Å². The number of benzene rings is 1. The van der Waals surface area contributed by atoms with Gasteiger partial charge in [-0.15, -0.1) is 0 Å². The topological polar surface area (TPSA) is 29.5 Å². The highest BCUT2D eigenvalue weighted by atomic mass is 19.1. The van der Waals surface area contributed by atoms with E-state index in [2.05, 4.69) is 0 Å². The van der Waals surface area contributed by atoms with E-state index in [-0.39, 0.29) is 12.2 Å². The molecule has 0 radical (unpaired) electrons. The number of rotatable bonds is 5. The average molecular weight is 216 g/mol. The van der Waals surface area contributed by atoms with Crippen molar-refractivity contribution < 1.29 is 18.6 Å². The van der Waals surface area contributed by atoms with Crippen LogP contribution in [0.2, 0.25) is 0 Å². The van der Waals surface area contributed by atoms with Gasteiger partial charge in [0.1, 0.15) is 17.7 Å². The van der Waals surface area contributed by atoms with E-state index in [4.69, 9.17) is 4.74 Å². The minimum atomic E-state index is -0.984. The Morgan fingerprint density at radius 2 is 1.87 bits per heavy atom. The average Bonchev–Trinajstić information content (AvgIpc) is 2.16. The number of hydrogen-bond donors (Lipinski definition) is 1. The normalized spacial score (nSPS) is 12.8. The predicted molar refractivity (Wildman–Crippen MR) is 52.4 cm³/mol. The summed E-state index contributed by atoms with van der Waals surface area (Å²) in [4.78, 5) is 0. The highest BCUT2D eigenvalue weighted by Gasteiger charge is 2.10. The highest BCUT2D eigenvalue weighted by Crippen LogP contribution is 2.16. The van der Waals surface area contributed by atoms with Crippen LogP contribution < -0.4 is 0 Å². The van der Waals surface area contributed by atoms with Crippen LogP contribution in [0.1, 0.15) is 25.0 Å². The summed E-state index contributed by atoms with van der Waals surface area (Å²) in [5, 5.41) is 9.54. The summed E-state index contributed by atoms with van der Waals surface area (Å²) in [6, 6.07) is 2.97. The standard InChI is InChI=1S/C11H14F2O2/c1-2-3-15-7-11(14)8-4-9(12)6-10(13)5-8/h4-6,11,14H,2-3,7H2,1H3. The lowest BCUT2D eigenvalue weighted by atomic mass is 10.1. The van der Waals surface area contributed by atoms with Crippen molar-refractivity contribution in [3.63, 3.8) is 0 Å². The Morgan fingerprint density at radius 3 is 2.40 bits per heavy atom. The minimum absolute atomic E-state index is 0.0523. The van der Waals surface area contributed by atoms with Crippen molar-refractivity contribution in [2.24, 2.45) is 0 Å². The van der Waals surface area contributed by atoms with Crippen molar-refractivity contribution in [2.75, 3.05) is 13.2 Å². The van der Waals surface area contributed by atoms with Gasteiger partial charge >= 0.3 is 0 Å². The van der Waals surface area contributed by atoms with Crippen LogP contribution in [0.5, 0.6) is 0 Å². The van der Waals surface area contributed by atoms with Crippen LogP contribution in [0.4, 0.5) is 8.78 Å². The molecule has 84 valence electrons. The number of hydrogen-bond acceptors (Lipinski definition) is 2. The molecular formula is C11H14F2O2. The lowest BCUT2D eigenvalue weighted by Crippen LogP contribution is -2.08. The SMILES string of the molecule is CCCOCC(O)c1cc(F)cc(F)c1. The van der Waals surface area contributed by atoms with E-state index in [1.165, 1.54) is 0 Å². The molecule has 0 bridgehead atoms. The van der Waals surface area contributed by atoms with Crippen molar-refractivity contribution in [1.82, 2.24) is 0 Å². The van der Waals surface area contributed by atoms with Gasteiger partial charge in [0.15, 0.2) is 0 Å². The van der Waals surface area contributed by atoms with Crippen LogP contribution in [0, 0.1) is 11.6 Å². The molecule has 0 saturated heterocycles. The van der Waals surface area contributed by atoms with Crippen molar-refractivity contribution in [1.29, 1.82) is 0 Å². The summed E-state index contributed by atoms with van der Waals surface area (Å²) < 4.78 is 30.7. The zero-order valence-electron chi connectivity index (χ0n) is 8.54. The van der Waals surface area contributed by atoms with Crippen LogP contribution in [0.25, 0.3) is 0 Å². The van der Waals surface area contributed by atoms with E-state index in [9.17, 15) is 13.9 Å². The molecule has 0 amide bonds. The minimum Gasteiger partial charge on any atom is -0.386 e. The zero-order chi connectivity index (χ0) is 11.3. The van der Waals surface area contributed by atoms with Gasteiger partial charge in [-0.05, 0) is 24.1 Å². The fraction of sp³-hybridized carbons (Fsp3) is 0.455. The molecule has 2 nitrogen and oxygen atoms in total. The molecule has 1 atom stereocenters. The molecule has 0 aliphatic carbocycles. The Kier molecular flexibility index (Phi) is 4.65. The fourth-order valence-electron chi connectivity index (χ4n) is 1.20. The monoisotopic (exact) mass is 216 g/mol. The van der Waals surface area contributed by atoms with Gasteiger partial charge in [-0.25, -0.2) is 8.78 Å². The Bertz CT molecular complexity index is 295. The molecule has 0 saturated carbocycles. The fourth-order valence-corrected chi connectivity index (χ4v) is 1.20. The lowest BCUT2D eigenvalue weighted by molar-refractivity contribution is 0.0361. The summed E-state index contributed by atoms with van der Waals surface area (Å²) in [6.07, 6.45) is -0.147. The number of aliphatic hydroxyl groups excluding tert-OH is 1. The molecule has 15 heavy (non-hydrogen) atoms. The van der Waals surface area contributed by atoms with E-state index >= 15 is 0 Å². The number of ether oxygens (including phenoxy) is 1. The first-order valence-electron chi connectivity index (χ1n) is 4.85. The number of halogens is 2. The molecular weight excluding hydrogens is 202 g/mol. The van der Waals surface area contributed by atoms with E-state index in [0.717, 1.165) is 24.6 Å². The van der Waals surface area contributed by atoms with Crippen LogP contribution in [-0.2, 0) is 4.74 Å². The van der Waals surface area contributed by atoms with Crippen LogP contribution in [0.15, 0.2) is 18.2 Å². The third-order valence-corrected chi connectivity index (χ3v) is 1.89. The summed E-state index contributed by atoms with van der Waals surface area (Å²) in [5.74, 6) is -1.39. The Morgan fingerprint density at radius 1 is 1.27 bits per heavy atom. The zero-order valence-corrected chi connectivity index (χ0v) is 8.54. The van der Waals surface area contributed by atoms with Gasteiger partial charge in [0.25, 0.3) is 0 Å². The molecule has 0 aliphatic rings. The van der Waals surface area contributed by atoms with Crippen molar-refractivity contribution in [3.05, 3.63) is 35.4 Å². The second-order valence-corrected chi connectivity index (χ2v) is 3.29. The Hall–Kier alpha value is -1.00. The van der Waals surface area contributed by atoms with Gasteiger partial charge in [0, 0.05) is 12.7 Å². The first-order valence-corrected chi connectivity index (χ1v) is 4.85. The smallest absolute Gasteiger partial charge is 0.126 e. The summed E-state index contributed by atoms with van der Waals surface area (Å²) in [5.41, 5.74) is 0.198. The van der Waals surface area contributed by atoms with Gasteiger partial charge in [0.2, 0.25) is 0 Å². The van der Waals surface area contributed by atoms with Gasteiger partial charge in [-0.3, -0.25) is 0 Å². The molecule has 1 unspecified atom stereocenters. The van der Waals surface area contributed by atoms with E-state index in [1.807, 2.05) is 6.92 Å². The molecule has 4 heteroatoms. The maximum Gasteiger partial charge on any atom is 0.126 e. The molecule has 0 aliphatic heterocycles. The van der Waals surface area contributed by atoms with E-state index in [0.29, 0.717) is 6.61 Å². The van der Waals surface area contributed by atoms with Crippen LogP contribution in [0.3, 0.4) is 0 Å². The first kappa shape index (κ1) is 12.1. The summed E-state index contributed by atoms with van der Waals surface area (Å²) >= 11 is 0. The second kappa shape index (κ2) is 5.78. The molecule has 0 aromatic heterocycles. The highest BCUT2D eigenvalue weighted by molar-refractivity contribution is 5.20. The van der Waals surface area contributed by atoms with Crippen molar-refractivity contribution in [3.8, 4) is 0 Å². The third-order valence-electron chi connectivity index (χ3n) is 1.89. The van der Waals surface area contributed by atoms with Crippen molar-refractivity contribution in [2.45, 2.75) is 19.4 Å². The molecule has 0 fully saturated rings. The molecule has 0 spiro atoms. The largest absolute Gasteiger partial charge is 0.386 e. The third kappa shape index (κ3) is 3.93. The van der Waals surface area contributed by atoms with Gasteiger partial charge in [0.05, 0.1) is 6.61 Å². The molecule has 0 heterocycles. The molecule has 1 rings (SSSR count). The maximum absolute atomic E-state index is 12.8. The quantitative estimate of drug-likeness (QED) is 0.766. The second-order valence-electron chi connectivity index (χ2n) is 3.29. The number of aliphatic hydroxyl groups is 1. The Labute approximate surface area is 87.5 Å². The summed E-state index contributed by atoms with van der Waals surface area (Å²) in [7, 11) is 0. The van der Waals surface area contributed by atoms with Gasteiger partial charge in [-0.2, -0.15) is 0 Å². The van der Waals surface area contributed by atoms with E-state index < -0.39 is 17.7 Å². The van der Waals surface area contributed by atoms with Gasteiger partial charge < -0.3 is 9.84 Å². The summed E-state index contributed by atoms with van der Waals surface area (Å²) in [6.45, 7) is 2.51.